The number of hydrogen-bond donors (Lipinski definition) is 2. The molecule has 7 heteroatoms. The van der Waals surface area contributed by atoms with Crippen LogP contribution in [0.3, 0.4) is 0 Å². The van der Waals surface area contributed by atoms with Crippen LogP contribution in [0.1, 0.15) is 25.7 Å². The van der Waals surface area contributed by atoms with Crippen molar-refractivity contribution in [2.45, 2.75) is 37.8 Å². The molecule has 132 valence electrons. The summed E-state index contributed by atoms with van der Waals surface area (Å²) in [5.74, 6) is 0.824. The van der Waals surface area contributed by atoms with Crippen molar-refractivity contribution in [2.75, 3.05) is 31.6 Å². The zero-order valence-electron chi connectivity index (χ0n) is 13.7. The third-order valence-electron chi connectivity index (χ3n) is 4.56. The van der Waals surface area contributed by atoms with Crippen molar-refractivity contribution < 1.29 is 4.74 Å². The van der Waals surface area contributed by atoms with Gasteiger partial charge in [-0.1, -0.05) is 36.0 Å². The number of guanidine groups is 1. The van der Waals surface area contributed by atoms with Gasteiger partial charge >= 0.3 is 0 Å². The van der Waals surface area contributed by atoms with Crippen LogP contribution in [0.15, 0.2) is 23.2 Å². The highest BCUT2D eigenvalue weighted by atomic mass is 35.5. The molecule has 2 atom stereocenters. The summed E-state index contributed by atoms with van der Waals surface area (Å²) in [6, 6.07) is 5.70. The Balaban J connectivity index is 1.83. The Kier molecular flexibility index (Phi) is 6.22. The monoisotopic (exact) mass is 370 g/mol. The number of ether oxygens (including phenoxy) is 1. The van der Waals surface area contributed by atoms with Gasteiger partial charge in [0.2, 0.25) is 0 Å². The first-order valence-electron chi connectivity index (χ1n) is 8.51. The molecular weight excluding hydrogens is 347 g/mol. The summed E-state index contributed by atoms with van der Waals surface area (Å²) in [7, 11) is 0. The number of benzene rings is 1. The highest BCUT2D eigenvalue weighted by molar-refractivity contribution is 6.36. The molecule has 3 N–H and O–H groups in total. The minimum atomic E-state index is 0.122. The van der Waals surface area contributed by atoms with Crippen molar-refractivity contribution in [1.29, 1.82) is 0 Å². The second kappa shape index (κ2) is 8.39. The van der Waals surface area contributed by atoms with Crippen LogP contribution in [-0.2, 0) is 4.74 Å². The van der Waals surface area contributed by atoms with E-state index in [1.54, 1.807) is 6.07 Å². The second-order valence-electron chi connectivity index (χ2n) is 6.32. The van der Waals surface area contributed by atoms with Gasteiger partial charge in [-0.25, -0.2) is 4.99 Å². The van der Waals surface area contributed by atoms with Gasteiger partial charge in [-0.15, -0.1) is 0 Å². The normalized spacial score (nSPS) is 25.6. The Labute approximate surface area is 153 Å². The van der Waals surface area contributed by atoms with Crippen LogP contribution in [0.4, 0.5) is 5.69 Å². The van der Waals surface area contributed by atoms with Crippen LogP contribution < -0.4 is 11.1 Å². The average molecular weight is 371 g/mol. The fraction of sp³-hybridized carbons (Fsp3) is 0.588. The molecule has 24 heavy (non-hydrogen) atoms. The predicted molar refractivity (Wildman–Crippen MR) is 100 cm³/mol. The number of aliphatic imine (C=N–C) groups is 1. The largest absolute Gasteiger partial charge is 0.378 e. The van der Waals surface area contributed by atoms with Gasteiger partial charge in [0.1, 0.15) is 0 Å². The lowest BCUT2D eigenvalue weighted by Crippen LogP contribution is -2.46. The summed E-state index contributed by atoms with van der Waals surface area (Å²) in [4.78, 5) is 7.16. The number of halogens is 2. The molecule has 2 fully saturated rings. The molecular formula is C17H24Cl2N4O. The van der Waals surface area contributed by atoms with Gasteiger partial charge in [-0.2, -0.15) is 0 Å². The summed E-state index contributed by atoms with van der Waals surface area (Å²) < 4.78 is 5.46. The van der Waals surface area contributed by atoms with E-state index < -0.39 is 0 Å². The molecule has 3 rings (SSSR count). The van der Waals surface area contributed by atoms with Gasteiger partial charge in [0.05, 0.1) is 30.0 Å². The van der Waals surface area contributed by atoms with E-state index in [9.17, 15) is 0 Å². The minimum absolute atomic E-state index is 0.122. The third-order valence-corrected chi connectivity index (χ3v) is 5.11. The molecule has 0 amide bonds. The number of nitrogens with zero attached hydrogens (tertiary/aromatic N) is 2. The summed E-state index contributed by atoms with van der Waals surface area (Å²) in [5.41, 5.74) is 7.08. The molecule has 5 nitrogen and oxygen atoms in total. The Bertz CT molecular complexity index is 590. The smallest absolute Gasteiger partial charge is 0.198 e. The van der Waals surface area contributed by atoms with Crippen LogP contribution in [0.2, 0.25) is 10.0 Å². The number of anilines is 1. The van der Waals surface area contributed by atoms with Crippen molar-refractivity contribution in [3.05, 3.63) is 28.2 Å². The van der Waals surface area contributed by atoms with E-state index in [-0.39, 0.29) is 12.1 Å². The molecule has 0 unspecified atom stereocenters. The first-order valence-corrected chi connectivity index (χ1v) is 9.27. The number of hydrogen-bond acceptors (Lipinski definition) is 3. The maximum absolute atomic E-state index is 6.31. The molecule has 1 saturated carbocycles. The lowest BCUT2D eigenvalue weighted by molar-refractivity contribution is 0.0677. The Hall–Kier alpha value is -1.01. The molecule has 0 bridgehead atoms. The van der Waals surface area contributed by atoms with Gasteiger partial charge in [-0.05, 0) is 31.0 Å². The lowest BCUT2D eigenvalue weighted by atomic mass is 9.91. The average Bonchev–Trinajstić information content (AvgIpc) is 2.59. The quantitative estimate of drug-likeness (QED) is 0.618. The summed E-state index contributed by atoms with van der Waals surface area (Å²) >= 11 is 12.3. The highest BCUT2D eigenvalue weighted by Gasteiger charge is 2.24. The number of nitrogens with two attached hydrogens (primary N) is 1. The standard InChI is InChI=1S/C17H24Cl2N4O/c18-12-5-6-15(13(19)11-12)21-17(23-7-9-24-10-8-23)22-16-4-2-1-3-14(16)20/h5-6,11,14,16H,1-4,7-10,20H2,(H,21,22)/t14-,16-/m0/s1. The first kappa shape index (κ1) is 17.8. The summed E-state index contributed by atoms with van der Waals surface area (Å²) in [6.07, 6.45) is 4.44. The first-order chi connectivity index (χ1) is 11.6. The summed E-state index contributed by atoms with van der Waals surface area (Å²) in [5, 5.41) is 4.58. The van der Waals surface area contributed by atoms with Crippen LogP contribution in [0, 0.1) is 0 Å². The number of morpholine rings is 1. The third kappa shape index (κ3) is 4.54. The van der Waals surface area contributed by atoms with E-state index >= 15 is 0 Å². The van der Waals surface area contributed by atoms with Crippen LogP contribution in [-0.4, -0.2) is 49.2 Å². The molecule has 0 aromatic heterocycles. The fourth-order valence-electron chi connectivity index (χ4n) is 3.14. The molecule has 1 aliphatic heterocycles. The highest BCUT2D eigenvalue weighted by Crippen LogP contribution is 2.26. The van der Waals surface area contributed by atoms with E-state index in [2.05, 4.69) is 10.2 Å². The van der Waals surface area contributed by atoms with Crippen molar-refractivity contribution in [3.8, 4) is 0 Å². The Morgan fingerprint density at radius 1 is 1.21 bits per heavy atom. The molecule has 1 heterocycles. The number of rotatable bonds is 2. The maximum atomic E-state index is 6.31. The van der Waals surface area contributed by atoms with Crippen molar-refractivity contribution in [3.63, 3.8) is 0 Å². The topological polar surface area (TPSA) is 62.9 Å². The van der Waals surface area contributed by atoms with E-state index in [0.29, 0.717) is 23.3 Å². The van der Waals surface area contributed by atoms with Crippen molar-refractivity contribution >= 4 is 34.8 Å². The maximum Gasteiger partial charge on any atom is 0.198 e. The van der Waals surface area contributed by atoms with E-state index in [0.717, 1.165) is 37.6 Å². The van der Waals surface area contributed by atoms with Crippen molar-refractivity contribution in [2.24, 2.45) is 10.7 Å². The van der Waals surface area contributed by atoms with Crippen LogP contribution >= 0.6 is 23.2 Å². The van der Waals surface area contributed by atoms with Gasteiger partial charge in [-0.3, -0.25) is 0 Å². The Morgan fingerprint density at radius 2 is 1.96 bits per heavy atom. The van der Waals surface area contributed by atoms with Crippen LogP contribution in [0.25, 0.3) is 0 Å². The van der Waals surface area contributed by atoms with E-state index in [4.69, 9.17) is 38.7 Å². The van der Waals surface area contributed by atoms with Gasteiger partial charge < -0.3 is 20.7 Å². The van der Waals surface area contributed by atoms with Crippen molar-refractivity contribution in [1.82, 2.24) is 4.90 Å². The summed E-state index contributed by atoms with van der Waals surface area (Å²) in [6.45, 7) is 3.01. The fourth-order valence-corrected chi connectivity index (χ4v) is 3.59. The van der Waals surface area contributed by atoms with Crippen LogP contribution in [0.5, 0.6) is 0 Å². The minimum Gasteiger partial charge on any atom is -0.378 e. The zero-order valence-corrected chi connectivity index (χ0v) is 15.2. The molecule has 1 aromatic carbocycles. The Morgan fingerprint density at radius 3 is 2.67 bits per heavy atom. The lowest BCUT2D eigenvalue weighted by Gasteiger charge is -2.33. The van der Waals surface area contributed by atoms with E-state index in [1.165, 1.54) is 12.8 Å². The SMILES string of the molecule is N[C@H]1CCCC[C@@H]1N=C(Nc1ccc(Cl)cc1Cl)N1CCOCC1. The molecule has 2 aliphatic rings. The second-order valence-corrected chi connectivity index (χ2v) is 7.16. The predicted octanol–water partition coefficient (Wildman–Crippen LogP) is 3.36. The molecule has 0 spiro atoms. The molecule has 1 saturated heterocycles. The van der Waals surface area contributed by atoms with Gasteiger partial charge in [0.25, 0.3) is 0 Å². The molecule has 1 aliphatic carbocycles. The molecule has 1 aromatic rings. The number of nitrogens with one attached hydrogen (secondary N) is 1. The zero-order chi connectivity index (χ0) is 16.9. The van der Waals surface area contributed by atoms with E-state index in [1.807, 2.05) is 12.1 Å². The van der Waals surface area contributed by atoms with Gasteiger partial charge in [0, 0.05) is 24.2 Å². The molecule has 0 radical (unpaired) electrons. The van der Waals surface area contributed by atoms with Gasteiger partial charge in [0.15, 0.2) is 5.96 Å².